The van der Waals surface area contributed by atoms with Gasteiger partial charge in [-0.05, 0) is 29.9 Å². The predicted octanol–water partition coefficient (Wildman–Crippen LogP) is 2.65. The fourth-order valence-electron chi connectivity index (χ4n) is 2.17. The molecule has 1 aliphatic heterocycles. The van der Waals surface area contributed by atoms with Gasteiger partial charge in [0.2, 0.25) is 9.05 Å². The summed E-state index contributed by atoms with van der Waals surface area (Å²) in [5.41, 5.74) is 1.94. The Morgan fingerprint density at radius 3 is 2.65 bits per heavy atom. The summed E-state index contributed by atoms with van der Waals surface area (Å²) in [6, 6.07) is 7.67. The number of ether oxygens (including phenoxy) is 1. The summed E-state index contributed by atoms with van der Waals surface area (Å²) >= 11 is 0. The molecule has 0 aromatic heterocycles. The lowest BCUT2D eigenvalue weighted by Crippen LogP contribution is -2.14. The second-order valence-corrected chi connectivity index (χ2v) is 7.09. The van der Waals surface area contributed by atoms with Crippen LogP contribution in [0.2, 0.25) is 0 Å². The van der Waals surface area contributed by atoms with Crippen LogP contribution in [0.25, 0.3) is 0 Å². The molecule has 0 aliphatic carbocycles. The predicted molar refractivity (Wildman–Crippen MR) is 67.7 cm³/mol. The van der Waals surface area contributed by atoms with E-state index in [4.69, 9.17) is 15.4 Å². The highest BCUT2D eigenvalue weighted by Gasteiger charge is 2.16. The van der Waals surface area contributed by atoms with Gasteiger partial charge in [-0.1, -0.05) is 24.3 Å². The zero-order valence-electron chi connectivity index (χ0n) is 9.43. The lowest BCUT2D eigenvalue weighted by atomic mass is 9.91. The molecule has 0 N–H and O–H groups in total. The van der Waals surface area contributed by atoms with Crippen molar-refractivity contribution in [3.8, 4) is 0 Å². The molecular weight excluding hydrogens is 260 g/mol. The van der Waals surface area contributed by atoms with Gasteiger partial charge in [0.05, 0.1) is 5.75 Å². The molecule has 1 aromatic carbocycles. The molecule has 0 amide bonds. The molecule has 0 saturated carbocycles. The van der Waals surface area contributed by atoms with Crippen LogP contribution in [0.5, 0.6) is 0 Å². The average molecular weight is 275 g/mol. The monoisotopic (exact) mass is 274 g/mol. The Morgan fingerprint density at radius 1 is 1.29 bits per heavy atom. The SMILES string of the molecule is O=S(=O)(Cl)Cc1cccc(C2CCOCC2)c1. The zero-order valence-corrected chi connectivity index (χ0v) is 11.0. The molecule has 94 valence electrons. The number of halogens is 1. The van der Waals surface area contributed by atoms with Crippen LogP contribution < -0.4 is 0 Å². The van der Waals surface area contributed by atoms with Crippen molar-refractivity contribution in [2.75, 3.05) is 13.2 Å². The molecule has 5 heteroatoms. The minimum absolute atomic E-state index is 0.106. The van der Waals surface area contributed by atoms with E-state index in [2.05, 4.69) is 0 Å². The Kier molecular flexibility index (Phi) is 4.07. The second kappa shape index (κ2) is 5.38. The molecule has 0 unspecified atom stereocenters. The highest BCUT2D eigenvalue weighted by molar-refractivity contribution is 8.13. The molecule has 1 aromatic rings. The maximum atomic E-state index is 11.0. The van der Waals surface area contributed by atoms with Crippen molar-refractivity contribution < 1.29 is 13.2 Å². The van der Waals surface area contributed by atoms with Crippen LogP contribution in [0.1, 0.15) is 29.9 Å². The molecule has 0 bridgehead atoms. The minimum atomic E-state index is -3.48. The van der Waals surface area contributed by atoms with Crippen molar-refractivity contribution in [1.29, 1.82) is 0 Å². The summed E-state index contributed by atoms with van der Waals surface area (Å²) in [5, 5.41) is 0. The molecule has 0 spiro atoms. The Labute approximate surface area is 106 Å². The minimum Gasteiger partial charge on any atom is -0.381 e. The van der Waals surface area contributed by atoms with E-state index in [0.717, 1.165) is 31.6 Å². The van der Waals surface area contributed by atoms with E-state index in [9.17, 15) is 8.42 Å². The molecular formula is C12H15ClO3S. The molecule has 2 rings (SSSR count). The van der Waals surface area contributed by atoms with Crippen molar-refractivity contribution >= 4 is 19.7 Å². The number of hydrogen-bond acceptors (Lipinski definition) is 3. The standard InChI is InChI=1S/C12H15ClO3S/c13-17(14,15)9-10-2-1-3-12(8-10)11-4-6-16-7-5-11/h1-3,8,11H,4-7,9H2. The number of rotatable bonds is 3. The van der Waals surface area contributed by atoms with Crippen LogP contribution >= 0.6 is 10.7 Å². The summed E-state index contributed by atoms with van der Waals surface area (Å²) in [6.45, 7) is 1.56. The normalized spacial score (nSPS) is 18.2. The highest BCUT2D eigenvalue weighted by Crippen LogP contribution is 2.27. The van der Waals surface area contributed by atoms with E-state index in [1.165, 1.54) is 5.56 Å². The van der Waals surface area contributed by atoms with Gasteiger partial charge in [-0.2, -0.15) is 0 Å². The first kappa shape index (κ1) is 12.9. The molecule has 1 heterocycles. The fourth-order valence-corrected chi connectivity index (χ4v) is 3.12. The molecule has 1 aliphatic rings. The van der Waals surface area contributed by atoms with Crippen LogP contribution in [-0.2, 0) is 19.5 Å². The van der Waals surface area contributed by atoms with Gasteiger partial charge in [0.1, 0.15) is 0 Å². The van der Waals surface area contributed by atoms with E-state index < -0.39 is 9.05 Å². The molecule has 0 atom stereocenters. The second-order valence-electron chi connectivity index (χ2n) is 4.31. The van der Waals surface area contributed by atoms with Crippen LogP contribution in [-0.4, -0.2) is 21.6 Å². The van der Waals surface area contributed by atoms with Gasteiger partial charge in [0.25, 0.3) is 0 Å². The van der Waals surface area contributed by atoms with Gasteiger partial charge in [-0.15, -0.1) is 0 Å². The molecule has 3 nitrogen and oxygen atoms in total. The third-order valence-corrected chi connectivity index (χ3v) is 3.99. The van der Waals surface area contributed by atoms with Crippen LogP contribution in [0.15, 0.2) is 24.3 Å². The number of benzene rings is 1. The van der Waals surface area contributed by atoms with Gasteiger partial charge in [-0.25, -0.2) is 8.42 Å². The van der Waals surface area contributed by atoms with Crippen molar-refractivity contribution in [1.82, 2.24) is 0 Å². The molecule has 0 radical (unpaired) electrons. The number of hydrogen-bond donors (Lipinski definition) is 0. The van der Waals surface area contributed by atoms with Crippen LogP contribution in [0.3, 0.4) is 0 Å². The Morgan fingerprint density at radius 2 is 2.00 bits per heavy atom. The largest absolute Gasteiger partial charge is 0.381 e. The summed E-state index contributed by atoms with van der Waals surface area (Å²) in [6.07, 6.45) is 1.99. The van der Waals surface area contributed by atoms with E-state index in [1.54, 1.807) is 6.07 Å². The first-order valence-corrected chi connectivity index (χ1v) is 8.11. The zero-order chi connectivity index (χ0) is 12.3. The highest BCUT2D eigenvalue weighted by atomic mass is 35.7. The first-order chi connectivity index (χ1) is 8.04. The van der Waals surface area contributed by atoms with Crippen molar-refractivity contribution in [3.63, 3.8) is 0 Å². The Bertz CT molecular complexity index is 478. The summed E-state index contributed by atoms with van der Waals surface area (Å²) in [5.74, 6) is 0.368. The van der Waals surface area contributed by atoms with E-state index in [1.807, 2.05) is 18.2 Å². The van der Waals surface area contributed by atoms with E-state index >= 15 is 0 Å². The van der Waals surface area contributed by atoms with Crippen LogP contribution in [0.4, 0.5) is 0 Å². The van der Waals surface area contributed by atoms with Gasteiger partial charge < -0.3 is 4.74 Å². The van der Waals surface area contributed by atoms with Crippen molar-refractivity contribution in [3.05, 3.63) is 35.4 Å². The molecule has 17 heavy (non-hydrogen) atoms. The lowest BCUT2D eigenvalue weighted by molar-refractivity contribution is 0.0853. The average Bonchev–Trinajstić information content (AvgIpc) is 2.28. The summed E-state index contributed by atoms with van der Waals surface area (Å²) < 4.78 is 27.4. The van der Waals surface area contributed by atoms with E-state index in [-0.39, 0.29) is 5.75 Å². The Hall–Kier alpha value is -0.580. The molecule has 1 fully saturated rings. The van der Waals surface area contributed by atoms with Gasteiger partial charge in [0.15, 0.2) is 0 Å². The summed E-state index contributed by atoms with van der Waals surface area (Å²) in [7, 11) is 1.78. The van der Waals surface area contributed by atoms with Gasteiger partial charge >= 0.3 is 0 Å². The first-order valence-electron chi connectivity index (χ1n) is 5.63. The Balaban J connectivity index is 2.16. The third-order valence-electron chi connectivity index (χ3n) is 2.98. The van der Waals surface area contributed by atoms with Gasteiger partial charge in [0, 0.05) is 23.9 Å². The van der Waals surface area contributed by atoms with Crippen LogP contribution in [0, 0.1) is 0 Å². The third kappa shape index (κ3) is 3.98. The lowest BCUT2D eigenvalue weighted by Gasteiger charge is -2.22. The van der Waals surface area contributed by atoms with Crippen molar-refractivity contribution in [2.24, 2.45) is 0 Å². The van der Waals surface area contributed by atoms with Gasteiger partial charge in [-0.3, -0.25) is 0 Å². The smallest absolute Gasteiger partial charge is 0.236 e. The maximum Gasteiger partial charge on any atom is 0.236 e. The quantitative estimate of drug-likeness (QED) is 0.796. The fraction of sp³-hybridized carbons (Fsp3) is 0.500. The topological polar surface area (TPSA) is 43.4 Å². The molecule has 1 saturated heterocycles. The maximum absolute atomic E-state index is 11.0. The summed E-state index contributed by atoms with van der Waals surface area (Å²) in [4.78, 5) is 0. The van der Waals surface area contributed by atoms with E-state index in [0.29, 0.717) is 5.92 Å². The van der Waals surface area contributed by atoms with Crippen molar-refractivity contribution in [2.45, 2.75) is 24.5 Å².